The van der Waals surface area contributed by atoms with Crippen LogP contribution >= 0.6 is 0 Å². The van der Waals surface area contributed by atoms with Gasteiger partial charge in [-0.2, -0.15) is 0 Å². The molecule has 0 spiro atoms. The van der Waals surface area contributed by atoms with Crippen molar-refractivity contribution in [2.45, 2.75) is 38.0 Å². The van der Waals surface area contributed by atoms with Crippen LogP contribution in [0.5, 0.6) is 0 Å². The summed E-state index contributed by atoms with van der Waals surface area (Å²) in [6, 6.07) is 3.12. The van der Waals surface area contributed by atoms with Gasteiger partial charge in [0.2, 0.25) is 5.09 Å². The maximum Gasteiger partial charge on any atom is 0.274 e. The Kier molecular flexibility index (Phi) is 6.50. The summed E-state index contributed by atoms with van der Waals surface area (Å²) in [5.41, 5.74) is 0. The molecule has 0 saturated carbocycles. The third-order valence-corrected chi connectivity index (χ3v) is 3.89. The molecule has 1 aromatic rings. The average molecular weight is 290 g/mol. The summed E-state index contributed by atoms with van der Waals surface area (Å²) in [7, 11) is -2.07. The first kappa shape index (κ1) is 16.2. The largest absolute Gasteiger partial charge is 0.447 e. The number of nitrogens with one attached hydrogen (secondary N) is 2. The smallest absolute Gasteiger partial charge is 0.274 e. The van der Waals surface area contributed by atoms with E-state index >= 15 is 0 Å². The Morgan fingerprint density at radius 2 is 2.16 bits per heavy atom. The second-order valence-corrected chi connectivity index (χ2v) is 5.99. The van der Waals surface area contributed by atoms with Crippen molar-refractivity contribution >= 4 is 10.0 Å². The van der Waals surface area contributed by atoms with E-state index in [4.69, 9.17) is 9.15 Å². The molecule has 1 rings (SSSR count). The first-order valence-corrected chi connectivity index (χ1v) is 7.79. The first-order chi connectivity index (χ1) is 8.99. The van der Waals surface area contributed by atoms with Gasteiger partial charge in [-0.05, 0) is 32.0 Å². The normalized spacial score (nSPS) is 13.6. The predicted octanol–water partition coefficient (Wildman–Crippen LogP) is 1.09. The Bertz CT molecular complexity index is 470. The van der Waals surface area contributed by atoms with Crippen molar-refractivity contribution in [1.82, 2.24) is 10.0 Å². The maximum atomic E-state index is 11.9. The van der Waals surface area contributed by atoms with Crippen LogP contribution in [-0.4, -0.2) is 34.7 Å². The van der Waals surface area contributed by atoms with E-state index in [2.05, 4.69) is 17.0 Å². The molecule has 6 nitrogen and oxygen atoms in total. The molecule has 0 amide bonds. The summed E-state index contributed by atoms with van der Waals surface area (Å²) >= 11 is 0. The van der Waals surface area contributed by atoms with Crippen LogP contribution in [-0.2, 0) is 21.3 Å². The molecule has 0 aliphatic carbocycles. The minimum absolute atomic E-state index is 0.0656. The fourth-order valence-electron chi connectivity index (χ4n) is 1.37. The van der Waals surface area contributed by atoms with Gasteiger partial charge >= 0.3 is 0 Å². The van der Waals surface area contributed by atoms with E-state index in [0.717, 1.165) is 13.0 Å². The summed E-state index contributed by atoms with van der Waals surface area (Å²) in [5.74, 6) is 0.605. The molecule has 0 saturated heterocycles. The zero-order valence-corrected chi connectivity index (χ0v) is 12.4. The number of rotatable bonds is 9. The minimum Gasteiger partial charge on any atom is -0.447 e. The molecule has 0 fully saturated rings. The molecule has 1 heterocycles. The number of methoxy groups -OCH3 is 1. The van der Waals surface area contributed by atoms with Gasteiger partial charge in [0.1, 0.15) is 5.76 Å². The number of hydrogen-bond donors (Lipinski definition) is 2. The number of furan rings is 1. The molecule has 0 aliphatic heterocycles. The second-order valence-electron chi connectivity index (χ2n) is 4.30. The summed E-state index contributed by atoms with van der Waals surface area (Å²) in [6.07, 6.45) is 0.831. The lowest BCUT2D eigenvalue weighted by molar-refractivity contribution is 0.122. The number of ether oxygens (including phenoxy) is 1. The quantitative estimate of drug-likeness (QED) is 0.666. The lowest BCUT2D eigenvalue weighted by Crippen LogP contribution is -2.31. The van der Waals surface area contributed by atoms with Gasteiger partial charge in [0.05, 0.1) is 12.6 Å². The van der Waals surface area contributed by atoms with E-state index in [0.29, 0.717) is 12.3 Å². The maximum absolute atomic E-state index is 11.9. The Morgan fingerprint density at radius 3 is 2.79 bits per heavy atom. The lowest BCUT2D eigenvalue weighted by atomic mass is 10.4. The van der Waals surface area contributed by atoms with Crippen molar-refractivity contribution in [3.63, 3.8) is 0 Å². The van der Waals surface area contributed by atoms with Gasteiger partial charge < -0.3 is 14.5 Å². The minimum atomic E-state index is -3.60. The van der Waals surface area contributed by atoms with Crippen molar-refractivity contribution < 1.29 is 17.6 Å². The van der Waals surface area contributed by atoms with Crippen LogP contribution in [0.15, 0.2) is 21.6 Å². The molecule has 0 bridgehead atoms. The van der Waals surface area contributed by atoms with Gasteiger partial charge in [-0.15, -0.1) is 0 Å². The summed E-state index contributed by atoms with van der Waals surface area (Å²) in [6.45, 7) is 5.45. The van der Waals surface area contributed by atoms with Gasteiger partial charge in [0.25, 0.3) is 10.0 Å². The molecular weight excluding hydrogens is 268 g/mol. The standard InChI is InChI=1S/C12H22N2O4S/c1-4-7-13-9-11-5-6-12(18-11)19(15,16)14-8-10(2)17-3/h5-6,10,13-14H,4,7-9H2,1-3H3. The highest BCUT2D eigenvalue weighted by Crippen LogP contribution is 2.13. The van der Waals surface area contributed by atoms with Gasteiger partial charge in [0, 0.05) is 13.7 Å². The average Bonchev–Trinajstić information content (AvgIpc) is 2.86. The lowest BCUT2D eigenvalue weighted by Gasteiger charge is -2.09. The molecule has 1 aromatic heterocycles. The summed E-state index contributed by atoms with van der Waals surface area (Å²) in [4.78, 5) is 0. The topological polar surface area (TPSA) is 80.6 Å². The fraction of sp³-hybridized carbons (Fsp3) is 0.667. The monoisotopic (exact) mass is 290 g/mol. The zero-order valence-electron chi connectivity index (χ0n) is 11.6. The SMILES string of the molecule is CCCNCc1ccc(S(=O)(=O)NCC(C)OC)o1. The molecule has 1 atom stereocenters. The zero-order chi connectivity index (χ0) is 14.3. The van der Waals surface area contributed by atoms with Crippen molar-refractivity contribution in [2.75, 3.05) is 20.2 Å². The molecule has 2 N–H and O–H groups in total. The van der Waals surface area contributed by atoms with Crippen molar-refractivity contribution in [2.24, 2.45) is 0 Å². The van der Waals surface area contributed by atoms with Gasteiger partial charge in [-0.3, -0.25) is 0 Å². The van der Waals surface area contributed by atoms with E-state index in [9.17, 15) is 8.42 Å². The Labute approximate surface area is 114 Å². The highest BCUT2D eigenvalue weighted by Gasteiger charge is 2.19. The third-order valence-electron chi connectivity index (χ3n) is 2.59. The second kappa shape index (κ2) is 7.64. The van der Waals surface area contributed by atoms with Gasteiger partial charge in [-0.25, -0.2) is 13.1 Å². The van der Waals surface area contributed by atoms with Gasteiger partial charge in [-0.1, -0.05) is 6.92 Å². The van der Waals surface area contributed by atoms with Crippen molar-refractivity contribution in [3.8, 4) is 0 Å². The molecule has 110 valence electrons. The van der Waals surface area contributed by atoms with Crippen LogP contribution < -0.4 is 10.0 Å². The highest BCUT2D eigenvalue weighted by atomic mass is 32.2. The predicted molar refractivity (Wildman–Crippen MR) is 72.4 cm³/mol. The van der Waals surface area contributed by atoms with Crippen LogP contribution in [0.2, 0.25) is 0 Å². The van der Waals surface area contributed by atoms with E-state index in [1.807, 2.05) is 0 Å². The van der Waals surface area contributed by atoms with E-state index < -0.39 is 10.0 Å². The number of hydrogen-bond acceptors (Lipinski definition) is 5. The van der Waals surface area contributed by atoms with Crippen molar-refractivity contribution in [3.05, 3.63) is 17.9 Å². The molecule has 19 heavy (non-hydrogen) atoms. The van der Waals surface area contributed by atoms with Crippen LogP contribution in [0.3, 0.4) is 0 Å². The fourth-order valence-corrected chi connectivity index (χ4v) is 2.43. The van der Waals surface area contributed by atoms with Gasteiger partial charge in [0.15, 0.2) is 0 Å². The molecule has 1 unspecified atom stereocenters. The summed E-state index contributed by atoms with van der Waals surface area (Å²) < 4.78 is 36.6. The summed E-state index contributed by atoms with van der Waals surface area (Å²) in [5, 5.41) is 3.08. The van der Waals surface area contributed by atoms with Crippen LogP contribution in [0.1, 0.15) is 26.0 Å². The Morgan fingerprint density at radius 1 is 1.42 bits per heavy atom. The van der Waals surface area contributed by atoms with E-state index in [1.165, 1.54) is 13.2 Å². The molecular formula is C12H22N2O4S. The number of sulfonamides is 1. The van der Waals surface area contributed by atoms with Crippen LogP contribution in [0.4, 0.5) is 0 Å². The van der Waals surface area contributed by atoms with E-state index in [-0.39, 0.29) is 17.7 Å². The molecule has 7 heteroatoms. The van der Waals surface area contributed by atoms with Crippen LogP contribution in [0.25, 0.3) is 0 Å². The van der Waals surface area contributed by atoms with Crippen molar-refractivity contribution in [1.29, 1.82) is 0 Å². The molecule has 0 aliphatic rings. The Hall–Kier alpha value is -0.890. The highest BCUT2D eigenvalue weighted by molar-refractivity contribution is 7.89. The Balaban J connectivity index is 2.58. The third kappa shape index (κ3) is 5.32. The molecule has 0 radical (unpaired) electrons. The first-order valence-electron chi connectivity index (χ1n) is 6.31. The van der Waals surface area contributed by atoms with Crippen LogP contribution in [0, 0.1) is 0 Å². The van der Waals surface area contributed by atoms with E-state index in [1.54, 1.807) is 13.0 Å². The molecule has 0 aromatic carbocycles.